The first-order valence-electron chi connectivity index (χ1n) is 9.32. The lowest BCUT2D eigenvalue weighted by molar-refractivity contribution is -0.122. The summed E-state index contributed by atoms with van der Waals surface area (Å²) in [6.07, 6.45) is 6.89. The van der Waals surface area contributed by atoms with Gasteiger partial charge in [-0.1, -0.05) is 24.6 Å². The number of carbonyl (C=O) groups is 1. The van der Waals surface area contributed by atoms with Crippen LogP contribution < -0.4 is 10.1 Å². The molecule has 0 atom stereocenters. The van der Waals surface area contributed by atoms with Crippen molar-refractivity contribution in [3.63, 3.8) is 0 Å². The number of carbonyl (C=O) groups excluding carboxylic acids is 1. The zero-order chi connectivity index (χ0) is 18.6. The molecule has 0 spiro atoms. The molecule has 1 fully saturated rings. The van der Waals surface area contributed by atoms with E-state index in [2.05, 4.69) is 34.6 Å². The molecule has 1 aromatic heterocycles. The van der Waals surface area contributed by atoms with Crippen molar-refractivity contribution in [3.8, 4) is 11.4 Å². The molecule has 1 saturated carbocycles. The van der Waals surface area contributed by atoms with Crippen molar-refractivity contribution in [1.29, 1.82) is 0 Å². The van der Waals surface area contributed by atoms with Gasteiger partial charge in [-0.05, 0) is 49.6 Å². The Morgan fingerprint density at radius 3 is 2.70 bits per heavy atom. The number of aryl methyl sites for hydroxylation is 1. The zero-order valence-corrected chi connectivity index (χ0v) is 15.4. The second-order valence-corrected chi connectivity index (χ2v) is 6.94. The monoisotopic (exact) mass is 361 g/mol. The van der Waals surface area contributed by atoms with Gasteiger partial charge >= 0.3 is 0 Å². The molecule has 0 aliphatic heterocycles. The Morgan fingerprint density at radius 2 is 2.04 bits per heavy atom. The van der Waals surface area contributed by atoms with E-state index in [4.69, 9.17) is 4.74 Å². The highest BCUT2D eigenvalue weighted by atomic mass is 16.5. The van der Waals surface area contributed by atoms with Gasteiger partial charge in [-0.3, -0.25) is 4.79 Å². The predicted octanol–water partition coefficient (Wildman–Crippen LogP) is 4.50. The summed E-state index contributed by atoms with van der Waals surface area (Å²) in [4.78, 5) is 16.3. The van der Waals surface area contributed by atoms with Crippen LogP contribution in [0.4, 0.5) is 5.69 Å². The molecular formula is C22H23N3O2. The number of ether oxygens (including phenoxy) is 1. The van der Waals surface area contributed by atoms with Gasteiger partial charge < -0.3 is 14.6 Å². The standard InChI is InChI=1S/C22H23N3O2/c1-16-23-12-13-25(16)20-10-8-17(9-11-20)15-27-21-7-3-6-19(14-21)24-22(26)18-4-2-5-18/h3,6-14,18H,2,4-5,15H2,1H3,(H,24,26). The van der Waals surface area contributed by atoms with Crippen molar-refractivity contribution in [1.82, 2.24) is 9.55 Å². The molecule has 1 aliphatic rings. The van der Waals surface area contributed by atoms with E-state index in [9.17, 15) is 4.79 Å². The maximum absolute atomic E-state index is 12.1. The normalized spacial score (nSPS) is 13.8. The van der Waals surface area contributed by atoms with Crippen LogP contribution in [0.3, 0.4) is 0 Å². The summed E-state index contributed by atoms with van der Waals surface area (Å²) in [5, 5.41) is 2.98. The number of hydrogen-bond acceptors (Lipinski definition) is 3. The molecule has 1 N–H and O–H groups in total. The van der Waals surface area contributed by atoms with E-state index < -0.39 is 0 Å². The van der Waals surface area contributed by atoms with Crippen molar-refractivity contribution in [3.05, 3.63) is 72.3 Å². The van der Waals surface area contributed by atoms with E-state index in [-0.39, 0.29) is 11.8 Å². The van der Waals surface area contributed by atoms with Crippen LogP contribution >= 0.6 is 0 Å². The number of imidazole rings is 1. The summed E-state index contributed by atoms with van der Waals surface area (Å²) in [6.45, 7) is 2.46. The fourth-order valence-corrected chi connectivity index (χ4v) is 3.15. The van der Waals surface area contributed by atoms with Crippen molar-refractivity contribution >= 4 is 11.6 Å². The van der Waals surface area contributed by atoms with Crippen LogP contribution in [0.1, 0.15) is 30.7 Å². The van der Waals surface area contributed by atoms with Crippen molar-refractivity contribution in [2.75, 3.05) is 5.32 Å². The summed E-state index contributed by atoms with van der Waals surface area (Å²) in [6, 6.07) is 15.8. The van der Waals surface area contributed by atoms with E-state index in [1.165, 1.54) is 0 Å². The molecule has 138 valence electrons. The largest absolute Gasteiger partial charge is 0.489 e. The summed E-state index contributed by atoms with van der Waals surface area (Å²) in [5.74, 6) is 1.99. The molecule has 0 bridgehead atoms. The average Bonchev–Trinajstić information content (AvgIpc) is 3.05. The molecule has 1 amide bonds. The number of nitrogens with zero attached hydrogens (tertiary/aromatic N) is 2. The van der Waals surface area contributed by atoms with Gasteiger partial charge in [0.2, 0.25) is 5.91 Å². The Kier molecular flexibility index (Phi) is 4.92. The molecule has 0 radical (unpaired) electrons. The Hall–Kier alpha value is -3.08. The molecule has 27 heavy (non-hydrogen) atoms. The van der Waals surface area contributed by atoms with Gasteiger partial charge in [0.15, 0.2) is 0 Å². The number of aromatic nitrogens is 2. The van der Waals surface area contributed by atoms with E-state index in [0.29, 0.717) is 6.61 Å². The summed E-state index contributed by atoms with van der Waals surface area (Å²) >= 11 is 0. The van der Waals surface area contributed by atoms with Crippen molar-refractivity contribution in [2.24, 2.45) is 5.92 Å². The van der Waals surface area contributed by atoms with Crippen LogP contribution in [0.5, 0.6) is 5.75 Å². The summed E-state index contributed by atoms with van der Waals surface area (Å²) in [5.41, 5.74) is 2.95. The number of anilines is 1. The van der Waals surface area contributed by atoms with Gasteiger partial charge in [0.25, 0.3) is 0 Å². The Morgan fingerprint density at radius 1 is 1.22 bits per heavy atom. The molecule has 3 aromatic rings. The van der Waals surface area contributed by atoms with Crippen molar-refractivity contribution in [2.45, 2.75) is 32.8 Å². The van der Waals surface area contributed by atoms with Crippen LogP contribution in [-0.4, -0.2) is 15.5 Å². The summed E-state index contributed by atoms with van der Waals surface area (Å²) in [7, 11) is 0. The highest BCUT2D eigenvalue weighted by molar-refractivity contribution is 5.93. The minimum Gasteiger partial charge on any atom is -0.489 e. The number of hydrogen-bond donors (Lipinski definition) is 1. The molecule has 4 rings (SSSR count). The van der Waals surface area contributed by atoms with Crippen LogP contribution in [0.25, 0.3) is 5.69 Å². The molecule has 0 saturated heterocycles. The topological polar surface area (TPSA) is 56.1 Å². The van der Waals surface area contributed by atoms with Crippen LogP contribution in [0.2, 0.25) is 0 Å². The minimum atomic E-state index is 0.115. The molecule has 0 unspecified atom stereocenters. The van der Waals surface area contributed by atoms with Crippen molar-refractivity contribution < 1.29 is 9.53 Å². The van der Waals surface area contributed by atoms with E-state index in [1.54, 1.807) is 6.20 Å². The van der Waals surface area contributed by atoms with Crippen LogP contribution in [-0.2, 0) is 11.4 Å². The fraction of sp³-hybridized carbons (Fsp3) is 0.273. The van der Waals surface area contributed by atoms with Gasteiger partial charge in [-0.15, -0.1) is 0 Å². The second kappa shape index (κ2) is 7.66. The van der Waals surface area contributed by atoms with Crippen LogP contribution in [0, 0.1) is 12.8 Å². The minimum absolute atomic E-state index is 0.115. The van der Waals surface area contributed by atoms with Gasteiger partial charge in [0.1, 0.15) is 18.2 Å². The maximum Gasteiger partial charge on any atom is 0.227 e. The number of rotatable bonds is 6. The van der Waals surface area contributed by atoms with E-state index in [1.807, 2.05) is 42.0 Å². The molecular weight excluding hydrogens is 338 g/mol. The first-order chi connectivity index (χ1) is 13.2. The number of amides is 1. The van der Waals surface area contributed by atoms with E-state index >= 15 is 0 Å². The van der Waals surface area contributed by atoms with Gasteiger partial charge in [-0.25, -0.2) is 4.98 Å². The lowest BCUT2D eigenvalue weighted by atomic mass is 9.85. The molecule has 5 heteroatoms. The Bertz CT molecular complexity index is 927. The fourth-order valence-electron chi connectivity index (χ4n) is 3.15. The van der Waals surface area contributed by atoms with Gasteiger partial charge in [-0.2, -0.15) is 0 Å². The second-order valence-electron chi connectivity index (χ2n) is 6.94. The predicted molar refractivity (Wildman–Crippen MR) is 105 cm³/mol. The third kappa shape index (κ3) is 4.03. The third-order valence-corrected chi connectivity index (χ3v) is 5.02. The molecule has 1 heterocycles. The first-order valence-corrected chi connectivity index (χ1v) is 9.32. The Balaban J connectivity index is 1.36. The van der Waals surface area contributed by atoms with Gasteiger partial charge in [0.05, 0.1) is 0 Å². The molecule has 2 aromatic carbocycles. The molecule has 5 nitrogen and oxygen atoms in total. The highest BCUT2D eigenvalue weighted by Gasteiger charge is 2.25. The van der Waals surface area contributed by atoms with Crippen LogP contribution in [0.15, 0.2) is 60.9 Å². The zero-order valence-electron chi connectivity index (χ0n) is 15.4. The SMILES string of the molecule is Cc1nccn1-c1ccc(COc2cccc(NC(=O)C3CCC3)c2)cc1. The molecule has 1 aliphatic carbocycles. The third-order valence-electron chi connectivity index (χ3n) is 5.02. The quantitative estimate of drug-likeness (QED) is 0.703. The maximum atomic E-state index is 12.1. The lowest BCUT2D eigenvalue weighted by Crippen LogP contribution is -2.27. The smallest absolute Gasteiger partial charge is 0.227 e. The van der Waals surface area contributed by atoms with E-state index in [0.717, 1.165) is 47.8 Å². The van der Waals surface area contributed by atoms with Gasteiger partial charge in [0, 0.05) is 35.8 Å². The highest BCUT2D eigenvalue weighted by Crippen LogP contribution is 2.28. The summed E-state index contributed by atoms with van der Waals surface area (Å²) < 4.78 is 7.94. The number of nitrogens with one attached hydrogen (secondary N) is 1. The first kappa shape index (κ1) is 17.3. The number of benzene rings is 2. The lowest BCUT2D eigenvalue weighted by Gasteiger charge is -2.24. The Labute approximate surface area is 159 Å². The average molecular weight is 361 g/mol.